The maximum atomic E-state index is 5.87. The first-order chi connectivity index (χ1) is 6.77. The van der Waals surface area contributed by atoms with E-state index in [9.17, 15) is 0 Å². The van der Waals surface area contributed by atoms with Gasteiger partial charge in [-0.05, 0) is 31.4 Å². The summed E-state index contributed by atoms with van der Waals surface area (Å²) in [6.45, 7) is 4.19. The molecule has 0 aromatic carbocycles. The highest BCUT2D eigenvalue weighted by atomic mass is 35.5. The van der Waals surface area contributed by atoms with Crippen molar-refractivity contribution >= 4 is 43.0 Å². The van der Waals surface area contributed by atoms with Crippen molar-refractivity contribution in [1.82, 2.24) is 4.98 Å². The molecule has 17 heavy (non-hydrogen) atoms. The van der Waals surface area contributed by atoms with Gasteiger partial charge in [0.25, 0.3) is 0 Å². The highest BCUT2D eigenvalue weighted by Gasteiger charge is 2.17. The first-order valence-electron chi connectivity index (χ1n) is 5.19. The summed E-state index contributed by atoms with van der Waals surface area (Å²) in [5.41, 5.74) is 7.12. The number of nitrogens with zero attached hydrogens (tertiary/aromatic N) is 2. The molecule has 0 radical (unpaired) electrons. The molecule has 2 heterocycles. The fraction of sp³-hybridized carbons (Fsp3) is 0.545. The van der Waals surface area contributed by atoms with Crippen molar-refractivity contribution in [3.63, 3.8) is 0 Å². The van der Waals surface area contributed by atoms with Crippen LogP contribution in [-0.4, -0.2) is 24.1 Å². The number of nitrogens with two attached hydrogens (primary N) is 1. The Labute approximate surface area is 121 Å². The van der Waals surface area contributed by atoms with E-state index in [-0.39, 0.29) is 37.2 Å². The summed E-state index contributed by atoms with van der Waals surface area (Å²) in [4.78, 5) is 6.74. The van der Waals surface area contributed by atoms with Gasteiger partial charge >= 0.3 is 0 Å². The first kappa shape index (κ1) is 19.1. The molecule has 2 N–H and O–H groups in total. The Morgan fingerprint density at radius 2 is 1.82 bits per heavy atom. The lowest BCUT2D eigenvalue weighted by Gasteiger charge is -2.31. The predicted molar refractivity (Wildman–Crippen MR) is 80.1 cm³/mol. The van der Waals surface area contributed by atoms with Gasteiger partial charge in [-0.15, -0.1) is 37.2 Å². The lowest BCUT2D eigenvalue weighted by atomic mass is 10.1. The number of anilines is 1. The summed E-state index contributed by atoms with van der Waals surface area (Å²) >= 11 is 0. The SMILES string of the molecule is Cc1cccnc1N1CCC(N)CC1.Cl.Cl.Cl. The minimum absolute atomic E-state index is 0. The molecule has 1 aliphatic rings. The zero-order valence-electron chi connectivity index (χ0n) is 9.83. The van der Waals surface area contributed by atoms with Gasteiger partial charge in [0.1, 0.15) is 5.82 Å². The van der Waals surface area contributed by atoms with Crippen molar-refractivity contribution in [2.24, 2.45) is 5.73 Å². The third-order valence-corrected chi connectivity index (χ3v) is 2.82. The average Bonchev–Trinajstić information content (AvgIpc) is 2.20. The Hall–Kier alpha value is -0.220. The summed E-state index contributed by atoms with van der Waals surface area (Å²) in [5, 5.41) is 0. The zero-order valence-corrected chi connectivity index (χ0v) is 12.3. The Morgan fingerprint density at radius 1 is 1.24 bits per heavy atom. The fourth-order valence-corrected chi connectivity index (χ4v) is 1.92. The molecule has 0 saturated carbocycles. The molecule has 1 saturated heterocycles. The van der Waals surface area contributed by atoms with Crippen LogP contribution in [0.15, 0.2) is 18.3 Å². The van der Waals surface area contributed by atoms with Crippen LogP contribution < -0.4 is 10.6 Å². The molecule has 100 valence electrons. The molecule has 0 spiro atoms. The maximum absolute atomic E-state index is 5.87. The fourth-order valence-electron chi connectivity index (χ4n) is 1.92. The molecule has 0 bridgehead atoms. The molecule has 0 atom stereocenters. The summed E-state index contributed by atoms with van der Waals surface area (Å²) < 4.78 is 0. The van der Waals surface area contributed by atoms with Crippen LogP contribution in [0.25, 0.3) is 0 Å². The van der Waals surface area contributed by atoms with Gasteiger partial charge in [-0.2, -0.15) is 0 Å². The van der Waals surface area contributed by atoms with Crippen LogP contribution in [0.3, 0.4) is 0 Å². The largest absolute Gasteiger partial charge is 0.356 e. The molecule has 0 aliphatic carbocycles. The molecule has 3 nitrogen and oxygen atoms in total. The van der Waals surface area contributed by atoms with Gasteiger partial charge in [-0.3, -0.25) is 0 Å². The van der Waals surface area contributed by atoms with Crippen molar-refractivity contribution in [2.75, 3.05) is 18.0 Å². The normalized spacial score (nSPS) is 15.3. The third-order valence-electron chi connectivity index (χ3n) is 2.82. The molecule has 1 aliphatic heterocycles. The second-order valence-corrected chi connectivity index (χ2v) is 3.97. The number of hydrogen-bond donors (Lipinski definition) is 1. The van der Waals surface area contributed by atoms with Crippen molar-refractivity contribution in [3.8, 4) is 0 Å². The molecule has 0 amide bonds. The Kier molecular flexibility index (Phi) is 9.91. The number of rotatable bonds is 1. The van der Waals surface area contributed by atoms with Gasteiger partial charge in [-0.1, -0.05) is 6.07 Å². The predicted octanol–water partition coefficient (Wildman–Crippen LogP) is 2.58. The molecule has 1 aromatic heterocycles. The van der Waals surface area contributed by atoms with Gasteiger partial charge in [0.05, 0.1) is 0 Å². The summed E-state index contributed by atoms with van der Waals surface area (Å²) in [6, 6.07) is 4.47. The summed E-state index contributed by atoms with van der Waals surface area (Å²) in [7, 11) is 0. The van der Waals surface area contributed by atoms with E-state index in [1.165, 1.54) is 5.56 Å². The van der Waals surface area contributed by atoms with E-state index in [0.29, 0.717) is 6.04 Å². The van der Waals surface area contributed by atoms with Gasteiger partial charge in [0.2, 0.25) is 0 Å². The van der Waals surface area contributed by atoms with E-state index in [1.807, 2.05) is 12.3 Å². The van der Waals surface area contributed by atoms with E-state index < -0.39 is 0 Å². The van der Waals surface area contributed by atoms with Crippen LogP contribution in [0.5, 0.6) is 0 Å². The molecular weight excluding hydrogens is 281 g/mol. The van der Waals surface area contributed by atoms with Crippen molar-refractivity contribution in [2.45, 2.75) is 25.8 Å². The van der Waals surface area contributed by atoms with E-state index in [1.54, 1.807) is 0 Å². The topological polar surface area (TPSA) is 42.2 Å². The Bertz CT molecular complexity index is 315. The Morgan fingerprint density at radius 3 is 2.35 bits per heavy atom. The quantitative estimate of drug-likeness (QED) is 0.867. The third kappa shape index (κ3) is 4.88. The molecule has 2 rings (SSSR count). The minimum atomic E-state index is 0. The number of aromatic nitrogens is 1. The number of hydrogen-bond acceptors (Lipinski definition) is 3. The molecule has 0 unspecified atom stereocenters. The van der Waals surface area contributed by atoms with Crippen LogP contribution in [0.1, 0.15) is 18.4 Å². The van der Waals surface area contributed by atoms with E-state index in [2.05, 4.69) is 22.9 Å². The number of piperidine rings is 1. The lowest BCUT2D eigenvalue weighted by Crippen LogP contribution is -2.40. The van der Waals surface area contributed by atoms with Crippen LogP contribution in [-0.2, 0) is 0 Å². The van der Waals surface area contributed by atoms with E-state index in [0.717, 1.165) is 31.7 Å². The van der Waals surface area contributed by atoms with E-state index in [4.69, 9.17) is 5.73 Å². The standard InChI is InChI=1S/C11H17N3.3ClH/c1-9-3-2-6-13-11(9)14-7-4-10(12)5-8-14;;;/h2-3,6,10H,4-5,7-8,12H2,1H3;3*1H. The van der Waals surface area contributed by atoms with Crippen molar-refractivity contribution < 1.29 is 0 Å². The summed E-state index contributed by atoms with van der Waals surface area (Å²) in [6.07, 6.45) is 4.02. The highest BCUT2D eigenvalue weighted by Crippen LogP contribution is 2.19. The van der Waals surface area contributed by atoms with Gasteiger partial charge < -0.3 is 10.6 Å². The van der Waals surface area contributed by atoms with Crippen LogP contribution in [0, 0.1) is 6.92 Å². The molecule has 1 aromatic rings. The monoisotopic (exact) mass is 299 g/mol. The second-order valence-electron chi connectivity index (χ2n) is 3.97. The lowest BCUT2D eigenvalue weighted by molar-refractivity contribution is 0.498. The van der Waals surface area contributed by atoms with E-state index >= 15 is 0 Å². The number of pyridine rings is 1. The zero-order chi connectivity index (χ0) is 9.97. The van der Waals surface area contributed by atoms with Crippen molar-refractivity contribution in [3.05, 3.63) is 23.9 Å². The number of aryl methyl sites for hydroxylation is 1. The Balaban J connectivity index is 0. The smallest absolute Gasteiger partial charge is 0.131 e. The molecule has 1 fully saturated rings. The highest BCUT2D eigenvalue weighted by molar-refractivity contribution is 5.86. The van der Waals surface area contributed by atoms with Gasteiger partial charge in [-0.25, -0.2) is 4.98 Å². The van der Waals surface area contributed by atoms with Crippen LogP contribution in [0.4, 0.5) is 5.82 Å². The van der Waals surface area contributed by atoms with Crippen LogP contribution in [0.2, 0.25) is 0 Å². The van der Waals surface area contributed by atoms with Crippen LogP contribution >= 0.6 is 37.2 Å². The molecular formula is C11H20Cl3N3. The summed E-state index contributed by atoms with van der Waals surface area (Å²) in [5.74, 6) is 1.12. The minimum Gasteiger partial charge on any atom is -0.356 e. The second kappa shape index (κ2) is 8.81. The van der Waals surface area contributed by atoms with Crippen molar-refractivity contribution in [1.29, 1.82) is 0 Å². The molecule has 6 heteroatoms. The van der Waals surface area contributed by atoms with Gasteiger partial charge in [0.15, 0.2) is 0 Å². The first-order valence-corrected chi connectivity index (χ1v) is 5.19. The maximum Gasteiger partial charge on any atom is 0.131 e. The average molecular weight is 301 g/mol. The van der Waals surface area contributed by atoms with Gasteiger partial charge in [0, 0.05) is 25.3 Å². The number of halogens is 3.